The van der Waals surface area contributed by atoms with Crippen LogP contribution in [-0.2, 0) is 6.54 Å². The Hall–Kier alpha value is -1.48. The average Bonchev–Trinajstić information content (AvgIpc) is 2.69. The van der Waals surface area contributed by atoms with Gasteiger partial charge in [-0.05, 0) is 25.0 Å². The number of hydrogen-bond donors (Lipinski definition) is 1. The van der Waals surface area contributed by atoms with E-state index in [9.17, 15) is 0 Å². The molecule has 1 saturated carbocycles. The summed E-state index contributed by atoms with van der Waals surface area (Å²) in [7, 11) is 1.67. The van der Waals surface area contributed by atoms with Gasteiger partial charge in [0.2, 0.25) is 0 Å². The van der Waals surface area contributed by atoms with E-state index in [4.69, 9.17) is 9.15 Å². The van der Waals surface area contributed by atoms with Crippen molar-refractivity contribution >= 4 is 11.0 Å². The molecule has 0 saturated heterocycles. The van der Waals surface area contributed by atoms with Crippen LogP contribution in [-0.4, -0.2) is 13.2 Å². The van der Waals surface area contributed by atoms with Crippen molar-refractivity contribution in [2.45, 2.75) is 31.8 Å². The number of ether oxygens (including phenoxy) is 1. The summed E-state index contributed by atoms with van der Waals surface area (Å²) in [6.07, 6.45) is 3.94. The first-order chi connectivity index (χ1) is 8.36. The lowest BCUT2D eigenvalue weighted by atomic mass is 9.93. The van der Waals surface area contributed by atoms with Crippen molar-refractivity contribution in [3.63, 3.8) is 0 Å². The van der Waals surface area contributed by atoms with Crippen molar-refractivity contribution in [1.29, 1.82) is 0 Å². The minimum Gasteiger partial charge on any atom is -0.493 e. The molecule has 1 aliphatic carbocycles. The van der Waals surface area contributed by atoms with Crippen molar-refractivity contribution < 1.29 is 9.15 Å². The van der Waals surface area contributed by atoms with Crippen LogP contribution in [0, 0.1) is 0 Å². The molecule has 1 N–H and O–H groups in total. The highest BCUT2D eigenvalue weighted by Gasteiger charge is 2.17. The normalized spacial score (nSPS) is 16.1. The maximum absolute atomic E-state index is 5.82. The Balaban J connectivity index is 1.80. The summed E-state index contributed by atoms with van der Waals surface area (Å²) in [5.74, 6) is 1.79. The van der Waals surface area contributed by atoms with Crippen molar-refractivity contribution in [2.24, 2.45) is 0 Å². The smallest absolute Gasteiger partial charge is 0.176 e. The second kappa shape index (κ2) is 4.41. The minimum absolute atomic E-state index is 0.685. The Bertz CT molecular complexity index is 514. The molecule has 1 aliphatic rings. The number of benzene rings is 1. The summed E-state index contributed by atoms with van der Waals surface area (Å²) in [4.78, 5) is 0. The third kappa shape index (κ3) is 2.03. The largest absolute Gasteiger partial charge is 0.493 e. The van der Waals surface area contributed by atoms with E-state index in [1.54, 1.807) is 7.11 Å². The lowest BCUT2D eigenvalue weighted by Crippen LogP contribution is -2.34. The standard InChI is InChI=1S/C14H17NO2/c1-16-13-7-2-4-10-8-12(17-14(10)13)9-15-11-5-3-6-11/h2,4,7-8,11,15H,3,5-6,9H2,1H3. The quantitative estimate of drug-likeness (QED) is 0.878. The Morgan fingerprint density at radius 1 is 1.41 bits per heavy atom. The SMILES string of the molecule is COc1cccc2cc(CNC3CCC3)oc12. The van der Waals surface area contributed by atoms with E-state index in [0.717, 1.165) is 29.0 Å². The van der Waals surface area contributed by atoms with E-state index in [2.05, 4.69) is 11.4 Å². The predicted octanol–water partition coefficient (Wildman–Crippen LogP) is 3.08. The third-order valence-electron chi connectivity index (χ3n) is 3.45. The van der Waals surface area contributed by atoms with Crippen LogP contribution in [0.4, 0.5) is 0 Å². The summed E-state index contributed by atoms with van der Waals surface area (Å²) in [5, 5.41) is 4.61. The first kappa shape index (κ1) is 10.7. The minimum atomic E-state index is 0.685. The Morgan fingerprint density at radius 2 is 2.29 bits per heavy atom. The van der Waals surface area contributed by atoms with Gasteiger partial charge in [0.1, 0.15) is 5.76 Å². The second-order valence-corrected chi connectivity index (χ2v) is 4.60. The van der Waals surface area contributed by atoms with Crippen LogP contribution in [0.2, 0.25) is 0 Å². The van der Waals surface area contributed by atoms with Gasteiger partial charge in [-0.15, -0.1) is 0 Å². The van der Waals surface area contributed by atoms with E-state index in [1.807, 2.05) is 18.2 Å². The third-order valence-corrected chi connectivity index (χ3v) is 3.45. The Kier molecular flexibility index (Phi) is 2.77. The Morgan fingerprint density at radius 3 is 3.00 bits per heavy atom. The lowest BCUT2D eigenvalue weighted by molar-refractivity contribution is 0.326. The van der Waals surface area contributed by atoms with Gasteiger partial charge in [-0.2, -0.15) is 0 Å². The molecule has 0 radical (unpaired) electrons. The maximum atomic E-state index is 5.82. The number of para-hydroxylation sites is 1. The van der Waals surface area contributed by atoms with E-state index in [-0.39, 0.29) is 0 Å². The molecular formula is C14H17NO2. The molecule has 0 amide bonds. The van der Waals surface area contributed by atoms with E-state index < -0.39 is 0 Å². The van der Waals surface area contributed by atoms with Gasteiger partial charge in [-0.3, -0.25) is 0 Å². The number of nitrogens with one attached hydrogen (secondary N) is 1. The molecule has 1 aromatic heterocycles. The lowest BCUT2D eigenvalue weighted by Gasteiger charge is -2.25. The molecule has 0 spiro atoms. The monoisotopic (exact) mass is 231 g/mol. The molecule has 0 aliphatic heterocycles. The zero-order valence-electron chi connectivity index (χ0n) is 10.0. The molecule has 2 aromatic rings. The molecule has 1 aromatic carbocycles. The molecule has 1 heterocycles. The molecular weight excluding hydrogens is 214 g/mol. The fourth-order valence-corrected chi connectivity index (χ4v) is 2.19. The molecule has 90 valence electrons. The molecule has 0 bridgehead atoms. The van der Waals surface area contributed by atoms with Gasteiger partial charge in [-0.1, -0.05) is 18.6 Å². The zero-order chi connectivity index (χ0) is 11.7. The van der Waals surface area contributed by atoms with E-state index >= 15 is 0 Å². The summed E-state index contributed by atoms with van der Waals surface area (Å²) in [5.41, 5.74) is 0.848. The first-order valence-corrected chi connectivity index (χ1v) is 6.15. The topological polar surface area (TPSA) is 34.4 Å². The van der Waals surface area contributed by atoms with Crippen LogP contribution < -0.4 is 10.1 Å². The highest BCUT2D eigenvalue weighted by Crippen LogP contribution is 2.28. The van der Waals surface area contributed by atoms with Crippen molar-refractivity contribution in [3.05, 3.63) is 30.0 Å². The van der Waals surface area contributed by atoms with Gasteiger partial charge in [0.05, 0.1) is 13.7 Å². The maximum Gasteiger partial charge on any atom is 0.176 e. The molecule has 0 unspecified atom stereocenters. The van der Waals surface area contributed by atoms with Gasteiger partial charge in [0, 0.05) is 11.4 Å². The van der Waals surface area contributed by atoms with Crippen LogP contribution in [0.5, 0.6) is 5.75 Å². The number of fused-ring (bicyclic) bond motifs is 1. The summed E-state index contributed by atoms with van der Waals surface area (Å²) in [6, 6.07) is 8.73. The second-order valence-electron chi connectivity index (χ2n) is 4.60. The van der Waals surface area contributed by atoms with Crippen LogP contribution in [0.3, 0.4) is 0 Å². The number of methoxy groups -OCH3 is 1. The average molecular weight is 231 g/mol. The van der Waals surface area contributed by atoms with Gasteiger partial charge in [-0.25, -0.2) is 0 Å². The Labute approximate surface area is 101 Å². The molecule has 0 atom stereocenters. The highest BCUT2D eigenvalue weighted by molar-refractivity contribution is 5.83. The van der Waals surface area contributed by atoms with E-state index in [1.165, 1.54) is 19.3 Å². The number of furan rings is 1. The van der Waals surface area contributed by atoms with Crippen LogP contribution >= 0.6 is 0 Å². The van der Waals surface area contributed by atoms with Gasteiger partial charge in [0.15, 0.2) is 11.3 Å². The molecule has 17 heavy (non-hydrogen) atoms. The van der Waals surface area contributed by atoms with Crippen molar-refractivity contribution in [2.75, 3.05) is 7.11 Å². The number of rotatable bonds is 4. The molecule has 3 rings (SSSR count). The van der Waals surface area contributed by atoms with Crippen molar-refractivity contribution in [1.82, 2.24) is 5.32 Å². The first-order valence-electron chi connectivity index (χ1n) is 6.15. The highest BCUT2D eigenvalue weighted by atomic mass is 16.5. The van der Waals surface area contributed by atoms with Crippen LogP contribution in [0.25, 0.3) is 11.0 Å². The molecule has 3 heteroatoms. The number of hydrogen-bond acceptors (Lipinski definition) is 3. The molecule has 1 fully saturated rings. The predicted molar refractivity (Wildman–Crippen MR) is 67.2 cm³/mol. The fraction of sp³-hybridized carbons (Fsp3) is 0.429. The summed E-state index contributed by atoms with van der Waals surface area (Å²) < 4.78 is 11.1. The van der Waals surface area contributed by atoms with Gasteiger partial charge >= 0.3 is 0 Å². The summed E-state index contributed by atoms with van der Waals surface area (Å²) >= 11 is 0. The molecule has 3 nitrogen and oxygen atoms in total. The van der Waals surface area contributed by atoms with Crippen LogP contribution in [0.15, 0.2) is 28.7 Å². The van der Waals surface area contributed by atoms with E-state index in [0.29, 0.717) is 6.04 Å². The van der Waals surface area contributed by atoms with Gasteiger partial charge in [0.25, 0.3) is 0 Å². The summed E-state index contributed by atoms with van der Waals surface area (Å²) in [6.45, 7) is 0.808. The zero-order valence-corrected chi connectivity index (χ0v) is 10.0. The van der Waals surface area contributed by atoms with Crippen molar-refractivity contribution in [3.8, 4) is 5.75 Å². The van der Waals surface area contributed by atoms with Crippen LogP contribution in [0.1, 0.15) is 25.0 Å². The fourth-order valence-electron chi connectivity index (χ4n) is 2.19. The van der Waals surface area contributed by atoms with Gasteiger partial charge < -0.3 is 14.5 Å².